The number of rotatable bonds is 3. The second-order valence-corrected chi connectivity index (χ2v) is 5.46. The van der Waals surface area contributed by atoms with Crippen LogP contribution in [-0.2, 0) is 6.54 Å². The molecular formula is C15H13BrN4O. The highest BCUT2D eigenvalue weighted by Gasteiger charge is 2.12. The van der Waals surface area contributed by atoms with Gasteiger partial charge in [0.15, 0.2) is 11.5 Å². The molecule has 6 heteroatoms. The molecule has 5 nitrogen and oxygen atoms in total. The van der Waals surface area contributed by atoms with Gasteiger partial charge < -0.3 is 5.32 Å². The summed E-state index contributed by atoms with van der Waals surface area (Å²) < 4.78 is 2.67. The van der Waals surface area contributed by atoms with Crippen LogP contribution in [0.5, 0.6) is 0 Å². The fourth-order valence-corrected chi connectivity index (χ4v) is 2.53. The number of nitrogens with one attached hydrogen (secondary N) is 1. The van der Waals surface area contributed by atoms with Crippen molar-refractivity contribution in [3.8, 4) is 0 Å². The van der Waals surface area contributed by atoms with Crippen LogP contribution in [0.4, 0.5) is 0 Å². The molecule has 21 heavy (non-hydrogen) atoms. The Morgan fingerprint density at radius 1 is 1.24 bits per heavy atom. The molecule has 3 rings (SSSR count). The fraction of sp³-hybridized carbons (Fsp3) is 0.133. The number of aromatic nitrogens is 3. The van der Waals surface area contributed by atoms with Crippen LogP contribution in [-0.4, -0.2) is 20.5 Å². The second kappa shape index (κ2) is 5.65. The van der Waals surface area contributed by atoms with Crippen molar-refractivity contribution in [2.24, 2.45) is 0 Å². The first kappa shape index (κ1) is 13.8. The van der Waals surface area contributed by atoms with Crippen molar-refractivity contribution in [2.75, 3.05) is 0 Å². The maximum atomic E-state index is 12.3. The predicted molar refractivity (Wildman–Crippen MR) is 83.0 cm³/mol. The quantitative estimate of drug-likeness (QED) is 0.794. The Balaban J connectivity index is 1.78. The molecule has 0 aliphatic carbocycles. The standard InChI is InChI=1S/C15H13BrN4O/c1-10-5-4-6-11(14(10)16)15(21)17-9-13-19-18-12-7-2-3-8-20(12)13/h2-8H,9H2,1H3,(H,17,21). The largest absolute Gasteiger partial charge is 0.345 e. The molecule has 0 unspecified atom stereocenters. The summed E-state index contributed by atoms with van der Waals surface area (Å²) in [5, 5.41) is 11.0. The van der Waals surface area contributed by atoms with Gasteiger partial charge in [0.2, 0.25) is 0 Å². The summed E-state index contributed by atoms with van der Waals surface area (Å²) in [6, 6.07) is 11.3. The Hall–Kier alpha value is -2.21. The topological polar surface area (TPSA) is 59.3 Å². The summed E-state index contributed by atoms with van der Waals surface area (Å²) in [6.45, 7) is 2.28. The van der Waals surface area contributed by atoms with E-state index in [1.807, 2.05) is 47.9 Å². The van der Waals surface area contributed by atoms with Crippen molar-refractivity contribution in [2.45, 2.75) is 13.5 Å². The van der Waals surface area contributed by atoms with Crippen molar-refractivity contribution in [1.82, 2.24) is 19.9 Å². The zero-order valence-corrected chi connectivity index (χ0v) is 13.0. The number of halogens is 1. The van der Waals surface area contributed by atoms with Gasteiger partial charge in [0.25, 0.3) is 5.91 Å². The van der Waals surface area contributed by atoms with Crippen LogP contribution in [0.25, 0.3) is 5.65 Å². The zero-order valence-electron chi connectivity index (χ0n) is 11.4. The molecule has 2 heterocycles. The van der Waals surface area contributed by atoms with Gasteiger partial charge in [0.05, 0.1) is 12.1 Å². The first-order chi connectivity index (χ1) is 10.2. The lowest BCUT2D eigenvalue weighted by Crippen LogP contribution is -2.24. The molecule has 0 saturated heterocycles. The molecule has 0 aliphatic rings. The molecule has 1 aromatic carbocycles. The van der Waals surface area contributed by atoms with Crippen molar-refractivity contribution < 1.29 is 4.79 Å². The lowest BCUT2D eigenvalue weighted by molar-refractivity contribution is 0.0949. The molecule has 1 N–H and O–H groups in total. The average Bonchev–Trinajstić information content (AvgIpc) is 2.91. The van der Waals surface area contributed by atoms with Crippen LogP contribution in [0.15, 0.2) is 47.1 Å². The van der Waals surface area contributed by atoms with Crippen molar-refractivity contribution >= 4 is 27.5 Å². The molecule has 0 bridgehead atoms. The summed E-state index contributed by atoms with van der Waals surface area (Å²) in [6.07, 6.45) is 1.87. The smallest absolute Gasteiger partial charge is 0.252 e. The van der Waals surface area contributed by atoms with Crippen LogP contribution in [0.1, 0.15) is 21.7 Å². The Morgan fingerprint density at radius 3 is 2.95 bits per heavy atom. The number of benzene rings is 1. The van der Waals surface area contributed by atoms with Gasteiger partial charge in [0, 0.05) is 10.7 Å². The lowest BCUT2D eigenvalue weighted by atomic mass is 10.1. The van der Waals surface area contributed by atoms with Gasteiger partial charge in [-0.1, -0.05) is 18.2 Å². The third kappa shape index (κ3) is 2.67. The number of hydrogen-bond donors (Lipinski definition) is 1. The van der Waals surface area contributed by atoms with Crippen molar-refractivity contribution in [3.63, 3.8) is 0 Å². The third-order valence-electron chi connectivity index (χ3n) is 3.23. The molecule has 0 aliphatic heterocycles. The van der Waals surface area contributed by atoms with Crippen LogP contribution in [0.2, 0.25) is 0 Å². The van der Waals surface area contributed by atoms with E-state index in [0.717, 1.165) is 15.7 Å². The van der Waals surface area contributed by atoms with Gasteiger partial charge in [-0.3, -0.25) is 9.20 Å². The summed E-state index contributed by atoms with van der Waals surface area (Å²) in [4.78, 5) is 12.3. The number of carbonyl (C=O) groups excluding carboxylic acids is 1. The molecule has 2 aromatic heterocycles. The maximum Gasteiger partial charge on any atom is 0.252 e. The number of carbonyl (C=O) groups is 1. The van der Waals surface area contributed by atoms with E-state index in [1.165, 1.54) is 0 Å². The van der Waals surface area contributed by atoms with Gasteiger partial charge in [-0.2, -0.15) is 0 Å². The minimum Gasteiger partial charge on any atom is -0.345 e. The van der Waals surface area contributed by atoms with E-state index in [4.69, 9.17) is 0 Å². The highest BCUT2D eigenvalue weighted by molar-refractivity contribution is 9.10. The Morgan fingerprint density at radius 2 is 2.10 bits per heavy atom. The monoisotopic (exact) mass is 344 g/mol. The molecule has 0 saturated carbocycles. The van der Waals surface area contributed by atoms with Crippen molar-refractivity contribution in [3.05, 3.63) is 64.0 Å². The number of hydrogen-bond acceptors (Lipinski definition) is 3. The SMILES string of the molecule is Cc1cccc(C(=O)NCc2nnc3ccccn23)c1Br. The van der Waals surface area contributed by atoms with Crippen LogP contribution < -0.4 is 5.32 Å². The van der Waals surface area contributed by atoms with E-state index in [9.17, 15) is 4.79 Å². The second-order valence-electron chi connectivity index (χ2n) is 4.66. The third-order valence-corrected chi connectivity index (χ3v) is 4.28. The van der Waals surface area contributed by atoms with Gasteiger partial charge in [-0.25, -0.2) is 0 Å². The van der Waals surface area contributed by atoms with Crippen LogP contribution >= 0.6 is 15.9 Å². The molecule has 1 amide bonds. The lowest BCUT2D eigenvalue weighted by Gasteiger charge is -2.07. The normalized spacial score (nSPS) is 10.8. The highest BCUT2D eigenvalue weighted by atomic mass is 79.9. The minimum absolute atomic E-state index is 0.141. The van der Waals surface area contributed by atoms with Gasteiger partial charge in [-0.15, -0.1) is 10.2 Å². The number of aryl methyl sites for hydroxylation is 1. The predicted octanol–water partition coefficient (Wildman–Crippen LogP) is 2.73. The van der Waals surface area contributed by atoms with Crippen LogP contribution in [0, 0.1) is 6.92 Å². The molecule has 3 aromatic rings. The summed E-state index contributed by atoms with van der Waals surface area (Å²) in [5.41, 5.74) is 2.40. The number of fused-ring (bicyclic) bond motifs is 1. The summed E-state index contributed by atoms with van der Waals surface area (Å²) >= 11 is 3.45. The summed E-state index contributed by atoms with van der Waals surface area (Å²) in [7, 11) is 0. The average molecular weight is 345 g/mol. The molecule has 0 fully saturated rings. The number of nitrogens with zero attached hydrogens (tertiary/aromatic N) is 3. The Bertz CT molecular complexity index is 812. The van der Waals surface area contributed by atoms with E-state index in [-0.39, 0.29) is 5.91 Å². The zero-order chi connectivity index (χ0) is 14.8. The molecule has 0 radical (unpaired) electrons. The van der Waals surface area contributed by atoms with E-state index >= 15 is 0 Å². The van der Waals surface area contributed by atoms with Crippen LogP contribution in [0.3, 0.4) is 0 Å². The molecule has 0 spiro atoms. The van der Waals surface area contributed by atoms with Gasteiger partial charge in [-0.05, 0) is 46.6 Å². The Labute approximate surface area is 130 Å². The first-order valence-corrected chi connectivity index (χ1v) is 7.28. The highest BCUT2D eigenvalue weighted by Crippen LogP contribution is 2.20. The van der Waals surface area contributed by atoms with E-state index in [0.29, 0.717) is 17.9 Å². The first-order valence-electron chi connectivity index (χ1n) is 6.49. The summed E-state index contributed by atoms with van der Waals surface area (Å²) in [5.74, 6) is 0.556. The van der Waals surface area contributed by atoms with E-state index in [2.05, 4.69) is 31.4 Å². The van der Waals surface area contributed by atoms with Gasteiger partial charge >= 0.3 is 0 Å². The molecular weight excluding hydrogens is 332 g/mol. The molecule has 106 valence electrons. The van der Waals surface area contributed by atoms with Crippen molar-refractivity contribution in [1.29, 1.82) is 0 Å². The fourth-order valence-electron chi connectivity index (χ4n) is 2.09. The number of pyridine rings is 1. The van der Waals surface area contributed by atoms with Gasteiger partial charge in [0.1, 0.15) is 0 Å². The molecule has 0 atom stereocenters. The van der Waals surface area contributed by atoms with E-state index in [1.54, 1.807) is 6.07 Å². The number of amides is 1. The Kier molecular flexibility index (Phi) is 3.70. The minimum atomic E-state index is -0.141. The maximum absolute atomic E-state index is 12.3. The van der Waals surface area contributed by atoms with E-state index < -0.39 is 0 Å².